The zero-order valence-corrected chi connectivity index (χ0v) is 10.4. The topological polar surface area (TPSA) is 59.2 Å². The van der Waals surface area contributed by atoms with E-state index in [1.165, 1.54) is 0 Å². The quantitative estimate of drug-likeness (QED) is 0.505. The summed E-state index contributed by atoms with van der Waals surface area (Å²) >= 11 is 0. The molecule has 0 amide bonds. The molecule has 18 heavy (non-hydrogen) atoms. The molecule has 1 aromatic heterocycles. The van der Waals surface area contributed by atoms with Crippen molar-refractivity contribution in [3.05, 3.63) is 35.2 Å². The zero-order chi connectivity index (χ0) is 13.1. The van der Waals surface area contributed by atoms with Crippen LogP contribution >= 0.6 is 0 Å². The standard InChI is InChI=1S/C14H15NO3/c1-3-18-14(17)13(16)11-8-15-12-7-5-9(2)4-6-10(11)12/h4-9,15H,3H2,1-2H3. The molecule has 94 valence electrons. The maximum absolute atomic E-state index is 11.9. The Balaban J connectivity index is 2.35. The van der Waals surface area contributed by atoms with Gasteiger partial charge in [0.1, 0.15) is 0 Å². The van der Waals surface area contributed by atoms with E-state index in [9.17, 15) is 9.59 Å². The van der Waals surface area contributed by atoms with E-state index in [0.717, 1.165) is 11.3 Å². The van der Waals surface area contributed by atoms with Crippen molar-refractivity contribution in [3.8, 4) is 0 Å². The first-order chi connectivity index (χ1) is 8.63. The largest absolute Gasteiger partial charge is 0.460 e. The molecule has 0 saturated heterocycles. The van der Waals surface area contributed by atoms with Crippen molar-refractivity contribution >= 4 is 23.9 Å². The van der Waals surface area contributed by atoms with E-state index < -0.39 is 11.8 Å². The molecule has 0 saturated carbocycles. The molecule has 1 heterocycles. The van der Waals surface area contributed by atoms with Gasteiger partial charge in [0.05, 0.1) is 12.2 Å². The van der Waals surface area contributed by atoms with Crippen LogP contribution in [0.3, 0.4) is 0 Å². The highest BCUT2D eigenvalue weighted by atomic mass is 16.5. The number of carbonyl (C=O) groups is 2. The number of fused-ring (bicyclic) bond motifs is 1. The fraction of sp³-hybridized carbons (Fsp3) is 0.286. The van der Waals surface area contributed by atoms with Gasteiger partial charge in [-0.05, 0) is 18.9 Å². The molecule has 0 radical (unpaired) electrons. The molecule has 4 nitrogen and oxygen atoms in total. The first-order valence-corrected chi connectivity index (χ1v) is 5.92. The van der Waals surface area contributed by atoms with E-state index in [1.807, 2.05) is 31.2 Å². The third-order valence-electron chi connectivity index (χ3n) is 2.79. The van der Waals surface area contributed by atoms with E-state index >= 15 is 0 Å². The Kier molecular flexibility index (Phi) is 3.46. The summed E-state index contributed by atoms with van der Waals surface area (Å²) in [6.45, 7) is 3.92. The summed E-state index contributed by atoms with van der Waals surface area (Å²) in [5.74, 6) is -1.12. The summed E-state index contributed by atoms with van der Waals surface area (Å²) < 4.78 is 4.73. The van der Waals surface area contributed by atoms with Crippen LogP contribution in [-0.4, -0.2) is 23.3 Å². The molecule has 0 spiro atoms. The van der Waals surface area contributed by atoms with E-state index in [1.54, 1.807) is 13.1 Å². The van der Waals surface area contributed by atoms with Crippen LogP contribution in [0.4, 0.5) is 0 Å². The molecule has 0 bridgehead atoms. The molecule has 1 aliphatic carbocycles. The van der Waals surface area contributed by atoms with E-state index in [2.05, 4.69) is 4.98 Å². The van der Waals surface area contributed by atoms with Crippen LogP contribution in [-0.2, 0) is 9.53 Å². The number of nitrogens with one attached hydrogen (secondary N) is 1. The molecule has 4 heteroatoms. The van der Waals surface area contributed by atoms with Crippen molar-refractivity contribution in [1.29, 1.82) is 0 Å². The Morgan fingerprint density at radius 3 is 2.78 bits per heavy atom. The van der Waals surface area contributed by atoms with E-state index in [-0.39, 0.29) is 6.61 Å². The monoisotopic (exact) mass is 245 g/mol. The Morgan fingerprint density at radius 1 is 1.33 bits per heavy atom. The number of ether oxygens (including phenoxy) is 1. The first-order valence-electron chi connectivity index (χ1n) is 5.92. The lowest BCUT2D eigenvalue weighted by Gasteiger charge is -2.00. The van der Waals surface area contributed by atoms with Crippen molar-refractivity contribution in [3.63, 3.8) is 0 Å². The number of ketones is 1. The molecule has 1 atom stereocenters. The Morgan fingerprint density at radius 2 is 2.06 bits per heavy atom. The number of carbonyl (C=O) groups excluding carboxylic acids is 2. The summed E-state index contributed by atoms with van der Waals surface area (Å²) in [5, 5.41) is 0. The SMILES string of the molecule is CCOC(=O)C(=O)c1c[nH]c2c1C=CC(C)C=C2. The van der Waals surface area contributed by atoms with Gasteiger partial charge in [-0.3, -0.25) is 4.79 Å². The molecule has 0 aromatic carbocycles. The van der Waals surface area contributed by atoms with Gasteiger partial charge in [-0.25, -0.2) is 4.79 Å². The number of allylic oxidation sites excluding steroid dienone is 2. The maximum atomic E-state index is 11.9. The summed E-state index contributed by atoms with van der Waals surface area (Å²) in [6.07, 6.45) is 9.34. The molecule has 1 aromatic rings. The summed E-state index contributed by atoms with van der Waals surface area (Å²) in [6, 6.07) is 0. The van der Waals surface area contributed by atoms with Crippen LogP contribution in [0.15, 0.2) is 18.3 Å². The van der Waals surface area contributed by atoms with Gasteiger partial charge in [-0.2, -0.15) is 0 Å². The number of hydrogen-bond acceptors (Lipinski definition) is 3. The van der Waals surface area contributed by atoms with Crippen molar-refractivity contribution in [2.45, 2.75) is 13.8 Å². The number of aromatic amines is 1. The molecule has 0 aliphatic heterocycles. The number of H-pyrrole nitrogens is 1. The third kappa shape index (κ3) is 2.27. The second-order valence-corrected chi connectivity index (χ2v) is 4.16. The number of hydrogen-bond donors (Lipinski definition) is 1. The van der Waals surface area contributed by atoms with Crippen LogP contribution in [0.2, 0.25) is 0 Å². The minimum absolute atomic E-state index is 0.198. The van der Waals surface area contributed by atoms with Gasteiger partial charge < -0.3 is 9.72 Å². The fourth-order valence-electron chi connectivity index (χ4n) is 1.82. The second kappa shape index (κ2) is 5.04. The Hall–Kier alpha value is -2.10. The maximum Gasteiger partial charge on any atom is 0.379 e. The van der Waals surface area contributed by atoms with Crippen LogP contribution in [0.1, 0.15) is 35.5 Å². The molecule has 1 N–H and O–H groups in total. The lowest BCUT2D eigenvalue weighted by atomic mass is 10.1. The van der Waals surface area contributed by atoms with Gasteiger partial charge in [-0.15, -0.1) is 0 Å². The Labute approximate surface area is 105 Å². The third-order valence-corrected chi connectivity index (χ3v) is 2.79. The van der Waals surface area contributed by atoms with Crippen LogP contribution in [0, 0.1) is 5.92 Å². The predicted octanol–water partition coefficient (Wildman–Crippen LogP) is 2.44. The summed E-state index contributed by atoms with van der Waals surface area (Å²) in [4.78, 5) is 26.4. The average Bonchev–Trinajstić information content (AvgIpc) is 2.67. The van der Waals surface area contributed by atoms with Crippen LogP contribution < -0.4 is 0 Å². The number of rotatable bonds is 3. The van der Waals surface area contributed by atoms with Crippen molar-refractivity contribution in [2.75, 3.05) is 6.61 Å². The summed E-state index contributed by atoms with van der Waals surface area (Å²) in [7, 11) is 0. The fourth-order valence-corrected chi connectivity index (χ4v) is 1.82. The molecule has 0 fully saturated rings. The normalized spacial score (nSPS) is 17.1. The van der Waals surface area contributed by atoms with Gasteiger partial charge in [0.15, 0.2) is 0 Å². The molecule has 1 unspecified atom stereocenters. The van der Waals surface area contributed by atoms with Crippen molar-refractivity contribution in [2.24, 2.45) is 5.92 Å². The van der Waals surface area contributed by atoms with Gasteiger partial charge in [0.2, 0.25) is 0 Å². The average molecular weight is 245 g/mol. The minimum Gasteiger partial charge on any atom is -0.460 e. The number of aromatic nitrogens is 1. The zero-order valence-electron chi connectivity index (χ0n) is 10.4. The van der Waals surface area contributed by atoms with Crippen LogP contribution in [0.5, 0.6) is 0 Å². The second-order valence-electron chi connectivity index (χ2n) is 4.16. The smallest absolute Gasteiger partial charge is 0.379 e. The van der Waals surface area contributed by atoms with Gasteiger partial charge in [-0.1, -0.05) is 25.2 Å². The van der Waals surface area contributed by atoms with Crippen LogP contribution in [0.25, 0.3) is 12.2 Å². The van der Waals surface area contributed by atoms with Gasteiger partial charge in [0.25, 0.3) is 5.78 Å². The minimum atomic E-state index is -0.811. The van der Waals surface area contributed by atoms with Gasteiger partial charge in [0, 0.05) is 17.5 Å². The van der Waals surface area contributed by atoms with Crippen molar-refractivity contribution in [1.82, 2.24) is 4.98 Å². The number of Topliss-reactive ketones (excluding diaryl/α,β-unsaturated/α-hetero) is 1. The first kappa shape index (κ1) is 12.4. The molecule has 1 aliphatic rings. The molecular weight excluding hydrogens is 230 g/mol. The highest BCUT2D eigenvalue weighted by Crippen LogP contribution is 2.23. The highest BCUT2D eigenvalue weighted by molar-refractivity contribution is 6.41. The van der Waals surface area contributed by atoms with Gasteiger partial charge >= 0.3 is 5.97 Å². The van der Waals surface area contributed by atoms with E-state index in [4.69, 9.17) is 4.74 Å². The lowest BCUT2D eigenvalue weighted by Crippen LogP contribution is -2.17. The lowest BCUT2D eigenvalue weighted by molar-refractivity contribution is -0.137. The highest BCUT2D eigenvalue weighted by Gasteiger charge is 2.23. The number of esters is 1. The van der Waals surface area contributed by atoms with E-state index in [0.29, 0.717) is 11.5 Å². The Bertz CT molecular complexity index is 537. The van der Waals surface area contributed by atoms with Crippen molar-refractivity contribution < 1.29 is 14.3 Å². The molecule has 2 rings (SSSR count). The summed E-state index contributed by atoms with van der Waals surface area (Å²) in [5.41, 5.74) is 1.94. The predicted molar refractivity (Wildman–Crippen MR) is 69.0 cm³/mol. The molecular formula is C14H15NO3.